The molecule has 0 radical (unpaired) electrons. The molecule has 0 aliphatic rings. The summed E-state index contributed by atoms with van der Waals surface area (Å²) in [6.45, 7) is 3.99. The zero-order valence-corrected chi connectivity index (χ0v) is 15.6. The van der Waals surface area contributed by atoms with Crippen LogP contribution >= 0.6 is 31.9 Å². The molecule has 0 atom stereocenters. The highest BCUT2D eigenvalue weighted by molar-refractivity contribution is 9.11. The van der Waals surface area contributed by atoms with Gasteiger partial charge in [-0.25, -0.2) is 9.82 Å². The third-order valence-electron chi connectivity index (χ3n) is 2.85. The molecule has 0 unspecified atom stereocenters. The van der Waals surface area contributed by atoms with Crippen LogP contribution in [0.4, 0.5) is 4.39 Å². The summed E-state index contributed by atoms with van der Waals surface area (Å²) in [4.78, 5) is 11.9. The van der Waals surface area contributed by atoms with Crippen molar-refractivity contribution in [1.82, 2.24) is 5.43 Å². The lowest BCUT2D eigenvalue weighted by molar-refractivity contribution is 0.0955. The van der Waals surface area contributed by atoms with E-state index < -0.39 is 11.7 Å². The number of halogens is 3. The molecule has 0 bridgehead atoms. The van der Waals surface area contributed by atoms with Gasteiger partial charge in [0.05, 0.1) is 15.2 Å². The molecule has 1 amide bonds. The predicted octanol–water partition coefficient (Wildman–Crippen LogP) is 4.68. The van der Waals surface area contributed by atoms with Crippen molar-refractivity contribution in [2.75, 3.05) is 6.61 Å². The summed E-state index contributed by atoms with van der Waals surface area (Å²) in [6, 6.07) is 8.81. The Morgan fingerprint density at radius 2 is 1.88 bits per heavy atom. The second-order valence-corrected chi connectivity index (χ2v) is 6.33. The van der Waals surface area contributed by atoms with Crippen molar-refractivity contribution < 1.29 is 13.9 Å². The zero-order chi connectivity index (χ0) is 17.5. The molecule has 2 aromatic carbocycles. The Morgan fingerprint density at radius 3 is 2.46 bits per heavy atom. The minimum absolute atomic E-state index is 0.323. The first-order valence-electron chi connectivity index (χ1n) is 6.83. The third-order valence-corrected chi connectivity index (χ3v) is 4.03. The maximum Gasteiger partial charge on any atom is 0.271 e. The zero-order valence-electron chi connectivity index (χ0n) is 12.4. The number of benzene rings is 2. The summed E-state index contributed by atoms with van der Waals surface area (Å²) in [6.07, 6.45) is 3.15. The Morgan fingerprint density at radius 1 is 1.25 bits per heavy atom. The summed E-state index contributed by atoms with van der Waals surface area (Å²) < 4.78 is 19.8. The first kappa shape index (κ1) is 18.4. The summed E-state index contributed by atoms with van der Waals surface area (Å²) in [7, 11) is 0. The molecule has 0 aromatic heterocycles. The van der Waals surface area contributed by atoms with E-state index in [-0.39, 0.29) is 0 Å². The number of nitrogens with one attached hydrogen (secondary N) is 1. The highest BCUT2D eigenvalue weighted by atomic mass is 79.9. The summed E-state index contributed by atoms with van der Waals surface area (Å²) in [5.74, 6) is -0.166. The largest absolute Gasteiger partial charge is 0.487 e. The van der Waals surface area contributed by atoms with E-state index in [1.807, 2.05) is 0 Å². The lowest BCUT2D eigenvalue weighted by Crippen LogP contribution is -2.17. The fraction of sp³-hybridized carbons (Fsp3) is 0.0588. The fourth-order valence-electron chi connectivity index (χ4n) is 1.77. The van der Waals surface area contributed by atoms with E-state index in [9.17, 15) is 9.18 Å². The van der Waals surface area contributed by atoms with Crippen molar-refractivity contribution in [2.24, 2.45) is 5.10 Å². The van der Waals surface area contributed by atoms with Gasteiger partial charge in [-0.3, -0.25) is 4.79 Å². The minimum atomic E-state index is -0.421. The molecule has 0 saturated heterocycles. The lowest BCUT2D eigenvalue weighted by Gasteiger charge is -2.09. The maximum atomic E-state index is 12.8. The normalized spacial score (nSPS) is 10.6. The number of carbonyl (C=O) groups is 1. The molecule has 1 N–H and O–H groups in total. The Kier molecular flexibility index (Phi) is 6.69. The van der Waals surface area contributed by atoms with E-state index in [0.29, 0.717) is 17.9 Å². The number of nitrogens with zero attached hydrogens (tertiary/aromatic N) is 1. The van der Waals surface area contributed by atoms with Gasteiger partial charge in [0, 0.05) is 5.56 Å². The Labute approximate surface area is 155 Å². The van der Waals surface area contributed by atoms with Crippen LogP contribution in [0.15, 0.2) is 63.1 Å². The third kappa shape index (κ3) is 5.01. The van der Waals surface area contributed by atoms with Crippen molar-refractivity contribution in [3.8, 4) is 5.75 Å². The van der Waals surface area contributed by atoms with Crippen LogP contribution in [0.25, 0.3) is 0 Å². The average Bonchev–Trinajstić information content (AvgIpc) is 2.54. The van der Waals surface area contributed by atoms with Crippen LogP contribution in [0.3, 0.4) is 0 Å². The maximum absolute atomic E-state index is 12.8. The van der Waals surface area contributed by atoms with Gasteiger partial charge in [0.15, 0.2) is 0 Å². The standard InChI is InChI=1S/C17H13Br2FN2O2/c1-2-7-24-16-14(18)8-11(9-15(16)19)10-21-22-17(23)12-3-5-13(20)6-4-12/h2-6,8-10H,1,7H2,(H,22,23)/b21-10+. The van der Waals surface area contributed by atoms with Gasteiger partial charge in [-0.1, -0.05) is 12.7 Å². The number of carbonyl (C=O) groups excluding carboxylic acids is 1. The van der Waals surface area contributed by atoms with Crippen LogP contribution in [0.5, 0.6) is 5.75 Å². The molecule has 2 aromatic rings. The van der Waals surface area contributed by atoms with Gasteiger partial charge in [0.1, 0.15) is 18.2 Å². The Balaban J connectivity index is 2.05. The second kappa shape index (κ2) is 8.75. The van der Waals surface area contributed by atoms with Crippen LogP contribution < -0.4 is 10.2 Å². The van der Waals surface area contributed by atoms with Gasteiger partial charge in [-0.2, -0.15) is 5.10 Å². The molecule has 0 aliphatic heterocycles. The molecule has 7 heteroatoms. The van der Waals surface area contributed by atoms with Crippen LogP contribution in [-0.4, -0.2) is 18.7 Å². The first-order valence-corrected chi connectivity index (χ1v) is 8.41. The highest BCUT2D eigenvalue weighted by Crippen LogP contribution is 2.34. The highest BCUT2D eigenvalue weighted by Gasteiger charge is 2.08. The van der Waals surface area contributed by atoms with Crippen molar-refractivity contribution >= 4 is 44.0 Å². The molecule has 124 valence electrons. The molecule has 24 heavy (non-hydrogen) atoms. The van der Waals surface area contributed by atoms with Gasteiger partial charge in [-0.05, 0) is 73.8 Å². The van der Waals surface area contributed by atoms with Gasteiger partial charge in [0.2, 0.25) is 0 Å². The van der Waals surface area contributed by atoms with E-state index in [0.717, 1.165) is 14.5 Å². The number of rotatable bonds is 6. The molecular weight excluding hydrogens is 443 g/mol. The molecule has 4 nitrogen and oxygen atoms in total. The van der Waals surface area contributed by atoms with Crippen LogP contribution in [0, 0.1) is 5.82 Å². The second-order valence-electron chi connectivity index (χ2n) is 4.62. The first-order chi connectivity index (χ1) is 11.5. The molecule has 0 aliphatic carbocycles. The Hall–Kier alpha value is -1.99. The molecule has 0 heterocycles. The Bertz CT molecular complexity index is 754. The minimum Gasteiger partial charge on any atom is -0.487 e. The summed E-state index contributed by atoms with van der Waals surface area (Å²) in [5, 5.41) is 3.90. The lowest BCUT2D eigenvalue weighted by atomic mass is 10.2. The van der Waals surface area contributed by atoms with Crippen LogP contribution in [0.1, 0.15) is 15.9 Å². The summed E-state index contributed by atoms with van der Waals surface area (Å²) in [5.41, 5.74) is 3.46. The number of hydrogen-bond donors (Lipinski definition) is 1. The molecular formula is C17H13Br2FN2O2. The van der Waals surface area contributed by atoms with E-state index >= 15 is 0 Å². The van der Waals surface area contributed by atoms with Crippen molar-refractivity contribution in [1.29, 1.82) is 0 Å². The number of hydrazone groups is 1. The van der Waals surface area contributed by atoms with Crippen molar-refractivity contribution in [3.63, 3.8) is 0 Å². The molecule has 2 rings (SSSR count). The van der Waals surface area contributed by atoms with Crippen molar-refractivity contribution in [3.05, 3.63) is 74.9 Å². The topological polar surface area (TPSA) is 50.7 Å². The number of hydrogen-bond acceptors (Lipinski definition) is 3. The number of amides is 1. The monoisotopic (exact) mass is 454 g/mol. The van der Waals surface area contributed by atoms with Gasteiger partial charge >= 0.3 is 0 Å². The molecule has 0 fully saturated rings. The van der Waals surface area contributed by atoms with Crippen LogP contribution in [0.2, 0.25) is 0 Å². The van der Waals surface area contributed by atoms with Gasteiger partial charge in [-0.15, -0.1) is 0 Å². The van der Waals surface area contributed by atoms with E-state index in [1.165, 1.54) is 30.5 Å². The van der Waals surface area contributed by atoms with E-state index in [1.54, 1.807) is 18.2 Å². The van der Waals surface area contributed by atoms with E-state index in [4.69, 9.17) is 4.74 Å². The van der Waals surface area contributed by atoms with Gasteiger partial charge < -0.3 is 4.74 Å². The van der Waals surface area contributed by atoms with E-state index in [2.05, 4.69) is 49.0 Å². The number of ether oxygens (including phenoxy) is 1. The fourth-order valence-corrected chi connectivity index (χ4v) is 3.22. The molecule has 0 saturated carbocycles. The smallest absolute Gasteiger partial charge is 0.271 e. The van der Waals surface area contributed by atoms with Crippen molar-refractivity contribution in [2.45, 2.75) is 0 Å². The average molecular weight is 456 g/mol. The predicted molar refractivity (Wildman–Crippen MR) is 99.0 cm³/mol. The van der Waals surface area contributed by atoms with Gasteiger partial charge in [0.25, 0.3) is 5.91 Å². The van der Waals surface area contributed by atoms with Crippen LogP contribution in [-0.2, 0) is 0 Å². The quantitative estimate of drug-likeness (QED) is 0.390. The SMILES string of the molecule is C=CCOc1c(Br)cc(/C=N/NC(=O)c2ccc(F)cc2)cc1Br. The summed E-state index contributed by atoms with van der Waals surface area (Å²) >= 11 is 6.84. The molecule has 0 spiro atoms.